The molecule has 1 fully saturated rings. The predicted octanol–water partition coefficient (Wildman–Crippen LogP) is 4.71. The minimum atomic E-state index is -1.03. The molecule has 0 bridgehead atoms. The molecule has 1 N–H and O–H groups in total. The molecule has 2 aromatic carbocycles. The Bertz CT molecular complexity index is 926. The highest BCUT2D eigenvalue weighted by molar-refractivity contribution is 9.10. The minimum Gasteiger partial charge on any atom is -0.479 e. The van der Waals surface area contributed by atoms with Gasteiger partial charge in [-0.2, -0.15) is 0 Å². The van der Waals surface area contributed by atoms with E-state index in [9.17, 15) is 9.59 Å². The summed E-state index contributed by atoms with van der Waals surface area (Å²) in [4.78, 5) is 25.6. The van der Waals surface area contributed by atoms with Crippen LogP contribution in [0.3, 0.4) is 0 Å². The normalized spacial score (nSPS) is 16.7. The number of nitrogens with zero attached hydrogens (tertiary/aromatic N) is 1. The lowest BCUT2D eigenvalue weighted by Gasteiger charge is -2.14. The second-order valence-electron chi connectivity index (χ2n) is 5.66. The Kier molecular flexibility index (Phi) is 5.98. The molecule has 1 saturated heterocycles. The topological polar surface area (TPSA) is 66.8 Å². The molecule has 8 heteroatoms. The lowest BCUT2D eigenvalue weighted by molar-refractivity contribution is -0.144. The number of amides is 1. The van der Waals surface area contributed by atoms with Crippen LogP contribution < -0.4 is 9.64 Å². The molecule has 1 aliphatic rings. The lowest BCUT2D eigenvalue weighted by Crippen LogP contribution is -2.27. The van der Waals surface area contributed by atoms with E-state index in [1.807, 2.05) is 24.3 Å². The van der Waals surface area contributed by atoms with E-state index in [1.165, 1.54) is 23.6 Å². The number of thioether (sulfide) groups is 1. The average molecular weight is 464 g/mol. The average Bonchev–Trinajstić information content (AvgIpc) is 2.91. The van der Waals surface area contributed by atoms with E-state index >= 15 is 0 Å². The molecule has 138 valence electrons. The van der Waals surface area contributed by atoms with Crippen molar-refractivity contribution in [1.29, 1.82) is 0 Å². The van der Waals surface area contributed by atoms with Crippen molar-refractivity contribution in [2.24, 2.45) is 0 Å². The number of hydrogen-bond acceptors (Lipinski definition) is 5. The van der Waals surface area contributed by atoms with Crippen LogP contribution in [0.1, 0.15) is 12.5 Å². The third-order valence-electron chi connectivity index (χ3n) is 3.72. The molecule has 27 heavy (non-hydrogen) atoms. The Morgan fingerprint density at radius 1 is 1.22 bits per heavy atom. The first kappa shape index (κ1) is 19.6. The Morgan fingerprint density at radius 3 is 2.44 bits per heavy atom. The highest BCUT2D eigenvalue weighted by Gasteiger charge is 2.33. The van der Waals surface area contributed by atoms with Gasteiger partial charge in [0.2, 0.25) is 0 Å². The molecule has 1 heterocycles. The van der Waals surface area contributed by atoms with E-state index < -0.39 is 12.1 Å². The Morgan fingerprint density at radius 2 is 1.85 bits per heavy atom. The highest BCUT2D eigenvalue weighted by atomic mass is 79.9. The second kappa shape index (κ2) is 8.24. The number of thiocarbonyl (C=S) groups is 1. The number of benzene rings is 2. The largest absolute Gasteiger partial charge is 0.479 e. The molecular formula is C19H14BrNO4S2. The van der Waals surface area contributed by atoms with Crippen LogP contribution in [-0.2, 0) is 9.59 Å². The zero-order chi connectivity index (χ0) is 19.6. The highest BCUT2D eigenvalue weighted by Crippen LogP contribution is 2.36. The summed E-state index contributed by atoms with van der Waals surface area (Å²) in [7, 11) is 0. The van der Waals surface area contributed by atoms with Crippen molar-refractivity contribution in [2.45, 2.75) is 13.0 Å². The maximum Gasteiger partial charge on any atom is 0.344 e. The molecule has 1 aliphatic heterocycles. The fourth-order valence-electron chi connectivity index (χ4n) is 2.33. The molecule has 0 spiro atoms. The summed E-state index contributed by atoms with van der Waals surface area (Å²) in [5.74, 6) is -0.757. The van der Waals surface area contributed by atoms with E-state index in [-0.39, 0.29) is 5.91 Å². The van der Waals surface area contributed by atoms with Crippen molar-refractivity contribution in [3.05, 3.63) is 63.5 Å². The number of carboxylic acid groups (broad SMARTS) is 1. The molecule has 1 amide bonds. The molecule has 1 atom stereocenters. The van der Waals surface area contributed by atoms with Gasteiger partial charge in [0.1, 0.15) is 5.75 Å². The van der Waals surface area contributed by atoms with Gasteiger partial charge in [-0.15, -0.1) is 0 Å². The van der Waals surface area contributed by atoms with Crippen molar-refractivity contribution in [2.75, 3.05) is 4.90 Å². The summed E-state index contributed by atoms with van der Waals surface area (Å²) < 4.78 is 6.70. The summed E-state index contributed by atoms with van der Waals surface area (Å²) >= 11 is 9.97. The zero-order valence-electron chi connectivity index (χ0n) is 14.1. The van der Waals surface area contributed by atoms with Gasteiger partial charge in [0.25, 0.3) is 5.91 Å². The van der Waals surface area contributed by atoms with Gasteiger partial charge in [-0.3, -0.25) is 9.69 Å². The van der Waals surface area contributed by atoms with Crippen LogP contribution in [0.25, 0.3) is 6.08 Å². The number of aliphatic carboxylic acids is 1. The third kappa shape index (κ3) is 4.58. The van der Waals surface area contributed by atoms with Crippen LogP contribution in [-0.4, -0.2) is 27.4 Å². The van der Waals surface area contributed by atoms with Crippen LogP contribution in [0.15, 0.2) is 57.9 Å². The number of halogens is 1. The summed E-state index contributed by atoms with van der Waals surface area (Å²) in [6, 6.07) is 14.2. The van der Waals surface area contributed by atoms with Gasteiger partial charge in [0, 0.05) is 4.47 Å². The number of carbonyl (C=O) groups excluding carboxylic acids is 1. The van der Waals surface area contributed by atoms with E-state index in [1.54, 1.807) is 30.3 Å². The minimum absolute atomic E-state index is 0.174. The summed E-state index contributed by atoms with van der Waals surface area (Å²) in [6.07, 6.45) is 0.820. The van der Waals surface area contributed by atoms with E-state index in [0.717, 1.165) is 15.7 Å². The summed E-state index contributed by atoms with van der Waals surface area (Å²) in [5, 5.41) is 8.88. The molecule has 0 aromatic heterocycles. The SMILES string of the molecule is CC(Oc1ccc(/C=C2/SC(=S)N(c3ccc(Br)cc3)C2=O)cc1)C(=O)O. The van der Waals surface area contributed by atoms with Crippen molar-refractivity contribution >= 4 is 67.9 Å². The first-order chi connectivity index (χ1) is 12.8. The van der Waals surface area contributed by atoms with Gasteiger partial charge in [-0.25, -0.2) is 4.79 Å². The molecule has 0 radical (unpaired) electrons. The zero-order valence-corrected chi connectivity index (χ0v) is 17.3. The predicted molar refractivity (Wildman–Crippen MR) is 114 cm³/mol. The maximum atomic E-state index is 12.7. The number of carbonyl (C=O) groups is 2. The summed E-state index contributed by atoms with van der Waals surface area (Å²) in [6.45, 7) is 1.46. The Hall–Kier alpha value is -2.16. The van der Waals surface area contributed by atoms with Crippen LogP contribution in [0.2, 0.25) is 0 Å². The van der Waals surface area contributed by atoms with Crippen LogP contribution in [0.5, 0.6) is 5.75 Å². The number of carboxylic acids is 1. The second-order valence-corrected chi connectivity index (χ2v) is 8.25. The lowest BCUT2D eigenvalue weighted by atomic mass is 10.2. The van der Waals surface area contributed by atoms with E-state index in [4.69, 9.17) is 22.1 Å². The molecule has 5 nitrogen and oxygen atoms in total. The number of hydrogen-bond donors (Lipinski definition) is 1. The molecule has 3 rings (SSSR count). The van der Waals surface area contributed by atoms with Crippen molar-refractivity contribution in [3.63, 3.8) is 0 Å². The monoisotopic (exact) mass is 463 g/mol. The Balaban J connectivity index is 1.77. The first-order valence-corrected chi connectivity index (χ1v) is 9.90. The van der Waals surface area contributed by atoms with Crippen LogP contribution in [0.4, 0.5) is 5.69 Å². The van der Waals surface area contributed by atoms with Crippen molar-refractivity contribution < 1.29 is 19.4 Å². The van der Waals surface area contributed by atoms with Gasteiger partial charge in [0.15, 0.2) is 10.4 Å². The number of anilines is 1. The fourth-order valence-corrected chi connectivity index (χ4v) is 3.89. The first-order valence-electron chi connectivity index (χ1n) is 7.88. The standard InChI is InChI=1S/C19H14BrNO4S2/c1-11(18(23)24)25-15-8-2-12(3-9-15)10-16-17(22)21(19(26)27-16)14-6-4-13(20)5-7-14/h2-11H,1H3,(H,23,24)/b16-10+. The molecule has 0 aliphatic carbocycles. The third-order valence-corrected chi connectivity index (χ3v) is 5.55. The molecule has 1 unspecified atom stereocenters. The van der Waals surface area contributed by atoms with Gasteiger partial charge in [-0.1, -0.05) is 52.0 Å². The van der Waals surface area contributed by atoms with E-state index in [0.29, 0.717) is 15.0 Å². The van der Waals surface area contributed by atoms with Crippen molar-refractivity contribution in [3.8, 4) is 5.75 Å². The van der Waals surface area contributed by atoms with E-state index in [2.05, 4.69) is 15.9 Å². The molecular weight excluding hydrogens is 450 g/mol. The molecule has 0 saturated carbocycles. The maximum absolute atomic E-state index is 12.7. The summed E-state index contributed by atoms with van der Waals surface area (Å²) in [5.41, 5.74) is 1.51. The van der Waals surface area contributed by atoms with Crippen LogP contribution in [0, 0.1) is 0 Å². The van der Waals surface area contributed by atoms with Gasteiger partial charge < -0.3 is 9.84 Å². The van der Waals surface area contributed by atoms with Gasteiger partial charge in [0.05, 0.1) is 10.6 Å². The number of rotatable bonds is 5. The fraction of sp³-hybridized carbons (Fsp3) is 0.105. The number of ether oxygens (including phenoxy) is 1. The quantitative estimate of drug-likeness (QED) is 0.511. The van der Waals surface area contributed by atoms with Crippen molar-refractivity contribution in [1.82, 2.24) is 0 Å². The smallest absolute Gasteiger partial charge is 0.344 e. The van der Waals surface area contributed by atoms with Crippen LogP contribution >= 0.6 is 39.9 Å². The molecule has 2 aromatic rings. The van der Waals surface area contributed by atoms with Gasteiger partial charge in [-0.05, 0) is 55.0 Å². The van der Waals surface area contributed by atoms with Gasteiger partial charge >= 0.3 is 5.97 Å². The Labute approximate surface area is 174 Å².